The Balaban J connectivity index is 0.000000172. The van der Waals surface area contributed by atoms with Gasteiger partial charge in [-0.2, -0.15) is 92.6 Å². The first-order chi connectivity index (χ1) is 67.1. The normalized spacial score (nSPS) is 10.6. The van der Waals surface area contributed by atoms with Gasteiger partial charge in [-0.25, -0.2) is 34.3 Å². The fourth-order valence-corrected chi connectivity index (χ4v) is 14.1. The topological polar surface area (TPSA) is 365 Å². The maximum atomic E-state index is 13.1. The molecule has 711 valence electrons. The summed E-state index contributed by atoms with van der Waals surface area (Å²) in [6, 6.07) is 71.3. The van der Waals surface area contributed by atoms with Crippen molar-refractivity contribution in [3.63, 3.8) is 0 Å². The van der Waals surface area contributed by atoms with Crippen LogP contribution in [0.1, 0.15) is 146 Å². The Morgan fingerprint density at radius 1 is 0.407 bits per heavy atom. The van der Waals surface area contributed by atoms with Gasteiger partial charge in [0.2, 0.25) is 5.95 Å². The third kappa shape index (κ3) is 29.6. The van der Waals surface area contributed by atoms with Crippen LogP contribution >= 0.6 is 146 Å². The summed E-state index contributed by atoms with van der Waals surface area (Å²) in [6.07, 6.45) is 14.3. The first kappa shape index (κ1) is 111. The molecule has 14 aromatic heterocycles. The van der Waals surface area contributed by atoms with Crippen LogP contribution in [0, 0.1) is 109 Å². The van der Waals surface area contributed by atoms with Gasteiger partial charge in [-0.05, 0) is 241 Å². The minimum atomic E-state index is -0.482. The van der Waals surface area contributed by atoms with Gasteiger partial charge in [0.15, 0.2) is 34.8 Å². The molecule has 19 aromatic rings. The average Bonchev–Trinajstić information content (AvgIpc) is 1.60. The maximum absolute atomic E-state index is 13.1. The third-order valence-corrected chi connectivity index (χ3v) is 21.3. The molecule has 5 aromatic carbocycles. The van der Waals surface area contributed by atoms with Crippen molar-refractivity contribution in [2.75, 3.05) is 11.8 Å². The van der Waals surface area contributed by atoms with Crippen molar-refractivity contribution in [2.24, 2.45) is 0 Å². The van der Waals surface area contributed by atoms with Crippen LogP contribution in [0.5, 0.6) is 0 Å². The molecule has 14 heterocycles. The van der Waals surface area contributed by atoms with E-state index in [0.29, 0.717) is 85.8 Å². The molecule has 19 rings (SSSR count). The summed E-state index contributed by atoms with van der Waals surface area (Å²) < 4.78 is 26.9. The van der Waals surface area contributed by atoms with E-state index in [1.807, 2.05) is 194 Å². The molecule has 40 heteroatoms. The molecule has 0 aliphatic carbocycles. The minimum absolute atomic E-state index is 0.136. The number of Topliss-reactive ketones (excluding diaryl/α,β-unsaturated/α-hetero) is 2. The zero-order valence-corrected chi connectivity index (χ0v) is 95.2. The summed E-state index contributed by atoms with van der Waals surface area (Å²) >= 11 is 26.2. The first-order valence-corrected chi connectivity index (χ1v) is 67.1. The van der Waals surface area contributed by atoms with Crippen molar-refractivity contribution in [1.82, 2.24) is 108 Å². The standard InChI is InChI=1S/2C19H13ClN6O.2C17H12N6.C15H10FN3.C5H11I.2C4H9.5HI.2V/c1-12-18(16(27)10-20)19-15(6-7-17(23-19)25-9-8-22-24-25)26(12)14-4-2-13(11-21)3-5-14;1-12-18(16(27)10-20)19-15(6-7-17(24-19)26-22-8-9-23-26)25(12)14-4-2-13(11-21)3-5-14;1-12-10-15-16(6-7-17(20-15)22-9-8-19-21-22)23(12)14-4-2-13(11-18)3-5-14;1-12-10-15-16(6-7-17(21-15)23-19-8-9-20-23)22(12)14-4-2-13(11-18)3-5-14;1-10-8-13-14(6-7-15(16)18-13)19(10)12-4-2-11(9-17)3-5-12;1-4-5(2,3)6;2*1-4(2)3;;;;;;;/h2*2-9H,10H2,1H3;2*2-10H,1H3;2-8H,1H3;4H2,1-3H3;2*1-3H3;5*1H;;/q;;;;;;2*-1;;;;;;+2;+3/p-5. The van der Waals surface area contributed by atoms with E-state index in [2.05, 4.69) is 290 Å². The fourth-order valence-electron chi connectivity index (χ4n) is 13.9. The van der Waals surface area contributed by atoms with Crippen LogP contribution in [0.3, 0.4) is 0 Å². The van der Waals surface area contributed by atoms with Crippen molar-refractivity contribution in [3.8, 4) is 82.1 Å². The molecule has 0 fully saturated rings. The summed E-state index contributed by atoms with van der Waals surface area (Å²) in [5, 5.41) is 76.6. The number of halogens is 9. The van der Waals surface area contributed by atoms with Gasteiger partial charge in [0, 0.05) is 60.3 Å². The van der Waals surface area contributed by atoms with Crippen LogP contribution in [-0.4, -0.2) is 134 Å². The predicted molar refractivity (Wildman–Crippen MR) is 591 cm³/mol. The number of fused-ring (bicyclic) bond motifs is 5. The van der Waals surface area contributed by atoms with Crippen molar-refractivity contribution < 1.29 is 28.4 Å². The summed E-state index contributed by atoms with van der Waals surface area (Å²) in [4.78, 5) is 50.1. The number of alkyl halides is 3. The molecule has 0 saturated carbocycles. The van der Waals surface area contributed by atoms with Gasteiger partial charge in [0.1, 0.15) is 11.0 Å². The van der Waals surface area contributed by atoms with Gasteiger partial charge in [0.05, 0.1) is 175 Å². The Hall–Kier alpha value is -11.0. The Labute approximate surface area is 899 Å². The van der Waals surface area contributed by atoms with E-state index in [0.717, 1.165) is 101 Å². The summed E-state index contributed by atoms with van der Waals surface area (Å²) in [6.45, 7) is 28.9. The Morgan fingerprint density at radius 3 is 0.936 bits per heavy atom. The van der Waals surface area contributed by atoms with Gasteiger partial charge in [-0.3, -0.25) is 9.59 Å². The van der Waals surface area contributed by atoms with Crippen molar-refractivity contribution in [3.05, 3.63) is 335 Å². The van der Waals surface area contributed by atoms with Crippen LogP contribution in [-0.2, 0) is 14.4 Å². The number of aromatic nitrogens is 22. The number of nitrogens with zero attached hydrogens (tertiary/aromatic N) is 27. The van der Waals surface area contributed by atoms with E-state index in [1.165, 1.54) is 38.6 Å². The van der Waals surface area contributed by atoms with Crippen LogP contribution in [0.2, 0.25) is 0 Å². The Morgan fingerprint density at radius 2 is 0.657 bits per heavy atom. The number of aryl methyl sites for hydroxylation is 3. The van der Waals surface area contributed by atoms with E-state index in [4.69, 9.17) is 49.5 Å². The number of carbonyl (C=O) groups excluding carboxylic acids is 2. The Kier molecular flexibility index (Phi) is 42.6. The monoisotopic (exact) mass is 2650 g/mol. The molecule has 0 bridgehead atoms. The average molecular weight is 2650 g/mol. The summed E-state index contributed by atoms with van der Waals surface area (Å²) in [5.41, 5.74) is 21.1. The SMILES string of the molecule is CCC(C)(C)I.C[C-](C)C.C[C-](C)C.Cc1c(C(=O)CCl)c2nc(-n3ccnn3)ccc2n1-c1ccc(C#N)cc1.Cc1c(C(=O)CCl)c2nc(-n3nccn3)ccc2n1-c1ccc(C#N)cc1.Cc1cc2nc(-n3ccnn3)ccc2n1-c1ccc(C#N)cc1.Cc1cc2nc(-n3nccn3)ccc2n1-c1ccc(C#N)cc1.Cc1cc2nc(F)ccc2n1-c1ccc(C#N)cc1.[I][V]([I])[I].[I][V][I]. The molecule has 0 N–H and O–H groups in total. The van der Waals surface area contributed by atoms with Crippen molar-refractivity contribution >= 4 is 212 Å². The van der Waals surface area contributed by atoms with Gasteiger partial charge >= 0.3 is 114 Å². The molecule has 29 nitrogen and oxygen atoms in total. The number of hydrogen-bond acceptors (Lipinski definition) is 20. The van der Waals surface area contributed by atoms with Gasteiger partial charge in [-0.1, -0.05) is 53.8 Å². The molecule has 0 amide bonds. The predicted octanol–water partition coefficient (Wildman–Crippen LogP) is 25.6. The number of nitriles is 5. The van der Waals surface area contributed by atoms with Crippen LogP contribution < -0.4 is 0 Å². The van der Waals surface area contributed by atoms with E-state index in [-0.39, 0.29) is 28.2 Å². The molecule has 0 aliphatic rings. The van der Waals surface area contributed by atoms with Gasteiger partial charge in [-0.15, -0.1) is 43.0 Å². The molecule has 0 saturated heterocycles. The second-order valence-corrected chi connectivity index (χ2v) is 82.4. The summed E-state index contributed by atoms with van der Waals surface area (Å²) in [5.74, 6) is 4.14. The molecule has 0 spiro atoms. The van der Waals surface area contributed by atoms with Gasteiger partial charge in [0.25, 0.3) is 0 Å². The third-order valence-electron chi connectivity index (χ3n) is 20.0. The van der Waals surface area contributed by atoms with Crippen molar-refractivity contribution in [2.45, 2.75) is 107 Å². The number of ketones is 2. The molecular formula is C100H89Cl2FI6N27O2V2-2. The zero-order valence-electron chi connectivity index (χ0n) is 78.0. The van der Waals surface area contributed by atoms with Crippen LogP contribution in [0.15, 0.2) is 250 Å². The van der Waals surface area contributed by atoms with Crippen molar-refractivity contribution in [1.29, 1.82) is 26.3 Å². The first-order valence-electron chi connectivity index (χ1n) is 42.4. The summed E-state index contributed by atoms with van der Waals surface area (Å²) in [7, 11) is 0.628. The molecule has 140 heavy (non-hydrogen) atoms. The number of rotatable bonds is 14. The fraction of sp³-hybridized carbons (Fsp3) is 0.180. The molecule has 0 atom stereocenters. The zero-order chi connectivity index (χ0) is 102. The Bertz CT molecular complexity index is 7220. The van der Waals surface area contributed by atoms with E-state index in [9.17, 15) is 14.0 Å². The number of pyridine rings is 5. The second kappa shape index (κ2) is 53.7. The van der Waals surface area contributed by atoms with E-state index >= 15 is 0 Å². The molecule has 0 radical (unpaired) electrons. The molecule has 0 unspecified atom stereocenters. The van der Waals surface area contributed by atoms with Gasteiger partial charge < -0.3 is 34.7 Å². The van der Waals surface area contributed by atoms with E-state index < -0.39 is 5.95 Å². The molecule has 0 aliphatic heterocycles. The van der Waals surface area contributed by atoms with Crippen LogP contribution in [0.25, 0.3) is 107 Å². The number of carbonyl (C=O) groups is 2. The number of hydrogen-bond donors (Lipinski definition) is 0. The number of benzene rings is 5. The second-order valence-electron chi connectivity index (χ2n) is 31.8. The van der Waals surface area contributed by atoms with Crippen LogP contribution in [0.4, 0.5) is 4.39 Å². The molecular weight excluding hydrogens is 2560 g/mol. The quantitative estimate of drug-likeness (QED) is 0.0321. The van der Waals surface area contributed by atoms with E-state index in [1.54, 1.807) is 103 Å².